The van der Waals surface area contributed by atoms with Gasteiger partial charge < -0.3 is 13.9 Å². The van der Waals surface area contributed by atoms with Gasteiger partial charge in [0, 0.05) is 6.42 Å². The zero-order valence-corrected chi connectivity index (χ0v) is 13.9. The molecule has 0 amide bonds. The number of methoxy groups -OCH3 is 1. The fourth-order valence-corrected chi connectivity index (χ4v) is 2.59. The Balaban J connectivity index is 1.83. The summed E-state index contributed by atoms with van der Waals surface area (Å²) in [6, 6.07) is 11.3. The van der Waals surface area contributed by atoms with Gasteiger partial charge in [-0.05, 0) is 42.8 Å². The number of furan rings is 1. The number of ether oxygens (including phenoxy) is 2. The van der Waals surface area contributed by atoms with Crippen LogP contribution in [0.15, 0.2) is 58.2 Å². The minimum absolute atomic E-state index is 0.323. The number of unbranched alkanes of at least 4 members (excludes halogenated alkanes) is 1. The van der Waals surface area contributed by atoms with Crippen molar-refractivity contribution in [3.63, 3.8) is 0 Å². The Morgan fingerprint density at radius 1 is 1.17 bits per heavy atom. The lowest BCUT2D eigenvalue weighted by Gasteiger charge is -2.04. The highest BCUT2D eigenvalue weighted by atomic mass is 16.5. The van der Waals surface area contributed by atoms with Gasteiger partial charge in [-0.3, -0.25) is 0 Å². The maximum absolute atomic E-state index is 11.9. The summed E-state index contributed by atoms with van der Waals surface area (Å²) >= 11 is 0. The van der Waals surface area contributed by atoms with Crippen LogP contribution in [0.2, 0.25) is 0 Å². The van der Waals surface area contributed by atoms with E-state index in [-0.39, 0.29) is 5.97 Å². The van der Waals surface area contributed by atoms with E-state index >= 15 is 0 Å². The molecule has 0 bridgehead atoms. The molecule has 0 atom stereocenters. The quantitative estimate of drug-likeness (QED) is 0.556. The lowest BCUT2D eigenvalue weighted by molar-refractivity contribution is -0.133. The second kappa shape index (κ2) is 7.21. The van der Waals surface area contributed by atoms with Crippen LogP contribution in [0.25, 0.3) is 17.4 Å². The molecule has 0 saturated heterocycles. The van der Waals surface area contributed by atoms with Gasteiger partial charge in [0.1, 0.15) is 23.0 Å². The van der Waals surface area contributed by atoms with Crippen molar-refractivity contribution in [2.75, 3.05) is 7.11 Å². The maximum atomic E-state index is 11.9. The Bertz CT molecular complexity index is 795. The Labute approximate surface area is 141 Å². The molecule has 1 aliphatic rings. The molecule has 0 saturated carbocycles. The van der Waals surface area contributed by atoms with Gasteiger partial charge in [0.2, 0.25) is 0 Å². The molecule has 124 valence electrons. The van der Waals surface area contributed by atoms with Gasteiger partial charge in [0.25, 0.3) is 0 Å². The van der Waals surface area contributed by atoms with Crippen LogP contribution in [0.5, 0.6) is 5.75 Å². The summed E-state index contributed by atoms with van der Waals surface area (Å²) in [4.78, 5) is 11.9. The highest BCUT2D eigenvalue weighted by Crippen LogP contribution is 2.32. The predicted octanol–water partition coefficient (Wildman–Crippen LogP) is 4.97. The molecule has 0 spiro atoms. The summed E-state index contributed by atoms with van der Waals surface area (Å²) < 4.78 is 16.5. The predicted molar refractivity (Wildman–Crippen MR) is 92.4 cm³/mol. The monoisotopic (exact) mass is 324 g/mol. The van der Waals surface area contributed by atoms with Crippen molar-refractivity contribution < 1.29 is 18.7 Å². The van der Waals surface area contributed by atoms with Gasteiger partial charge in [-0.1, -0.05) is 25.5 Å². The van der Waals surface area contributed by atoms with Gasteiger partial charge in [-0.25, -0.2) is 4.79 Å². The smallest absolute Gasteiger partial charge is 0.343 e. The number of allylic oxidation sites excluding steroid dienone is 1. The van der Waals surface area contributed by atoms with E-state index in [1.165, 1.54) is 0 Å². The summed E-state index contributed by atoms with van der Waals surface area (Å²) in [6.45, 7) is 2.11. The molecule has 2 aromatic rings. The van der Waals surface area contributed by atoms with Crippen molar-refractivity contribution in [3.8, 4) is 17.1 Å². The largest absolute Gasteiger partial charge is 0.496 e. The number of para-hydroxylation sites is 1. The third-order valence-electron chi connectivity index (χ3n) is 3.85. The number of hydrogen-bond acceptors (Lipinski definition) is 4. The molecule has 4 nitrogen and oxygen atoms in total. The Morgan fingerprint density at radius 3 is 2.79 bits per heavy atom. The minimum atomic E-state index is -0.323. The molecular weight excluding hydrogens is 304 g/mol. The van der Waals surface area contributed by atoms with Crippen molar-refractivity contribution in [1.29, 1.82) is 0 Å². The number of carbonyl (C=O) groups is 1. The molecule has 24 heavy (non-hydrogen) atoms. The van der Waals surface area contributed by atoms with E-state index in [0.29, 0.717) is 17.1 Å². The highest BCUT2D eigenvalue weighted by Gasteiger charge is 2.21. The molecule has 1 aromatic heterocycles. The van der Waals surface area contributed by atoms with E-state index < -0.39 is 0 Å². The second-order valence-corrected chi connectivity index (χ2v) is 5.61. The Hall–Kier alpha value is -2.75. The number of cyclic esters (lactones) is 1. The van der Waals surface area contributed by atoms with E-state index in [0.717, 1.165) is 36.3 Å². The fourth-order valence-electron chi connectivity index (χ4n) is 2.59. The average Bonchev–Trinajstić information content (AvgIpc) is 3.20. The van der Waals surface area contributed by atoms with E-state index in [9.17, 15) is 4.79 Å². The normalized spacial score (nSPS) is 15.5. The van der Waals surface area contributed by atoms with Crippen molar-refractivity contribution in [1.82, 2.24) is 0 Å². The van der Waals surface area contributed by atoms with Crippen molar-refractivity contribution >= 4 is 12.0 Å². The Kier molecular flexibility index (Phi) is 4.85. The minimum Gasteiger partial charge on any atom is -0.496 e. The summed E-state index contributed by atoms with van der Waals surface area (Å²) in [6.07, 6.45) is 6.35. The fraction of sp³-hybridized carbons (Fsp3) is 0.250. The van der Waals surface area contributed by atoms with Gasteiger partial charge in [0.15, 0.2) is 0 Å². The third kappa shape index (κ3) is 3.43. The van der Waals surface area contributed by atoms with Gasteiger partial charge in [-0.15, -0.1) is 0 Å². The average molecular weight is 324 g/mol. The van der Waals surface area contributed by atoms with E-state index in [1.54, 1.807) is 19.3 Å². The molecule has 2 heterocycles. The first-order valence-corrected chi connectivity index (χ1v) is 8.09. The van der Waals surface area contributed by atoms with Crippen LogP contribution in [0, 0.1) is 0 Å². The molecule has 1 aromatic carbocycles. The van der Waals surface area contributed by atoms with Crippen LogP contribution in [0.1, 0.15) is 31.9 Å². The lowest BCUT2D eigenvalue weighted by atomic mass is 10.1. The third-order valence-corrected chi connectivity index (χ3v) is 3.85. The summed E-state index contributed by atoms with van der Waals surface area (Å²) in [5, 5.41) is 0. The first kappa shape index (κ1) is 16.1. The maximum Gasteiger partial charge on any atom is 0.343 e. The van der Waals surface area contributed by atoms with Crippen LogP contribution in [-0.2, 0) is 9.53 Å². The van der Waals surface area contributed by atoms with Crippen LogP contribution >= 0.6 is 0 Å². The SMILES string of the molecule is CCCCC1=CC(=Cc2ccc(-c3ccccc3OC)o2)C(=O)O1. The standard InChI is InChI=1S/C20H20O4/c1-3-4-7-15-12-14(20(21)24-15)13-16-10-11-19(23-16)17-8-5-6-9-18(17)22-2/h5-6,8-13H,3-4,7H2,1-2H3. The Morgan fingerprint density at radius 2 is 2.00 bits per heavy atom. The number of rotatable bonds is 6. The van der Waals surface area contributed by atoms with E-state index in [2.05, 4.69) is 6.92 Å². The van der Waals surface area contributed by atoms with Crippen LogP contribution in [0.3, 0.4) is 0 Å². The van der Waals surface area contributed by atoms with Crippen LogP contribution in [-0.4, -0.2) is 13.1 Å². The van der Waals surface area contributed by atoms with Gasteiger partial charge >= 0.3 is 5.97 Å². The first-order valence-electron chi connectivity index (χ1n) is 8.09. The molecule has 0 aliphatic carbocycles. The number of benzene rings is 1. The van der Waals surface area contributed by atoms with Crippen molar-refractivity contribution in [2.45, 2.75) is 26.2 Å². The zero-order valence-electron chi connectivity index (χ0n) is 13.9. The lowest BCUT2D eigenvalue weighted by Crippen LogP contribution is -1.97. The molecule has 0 radical (unpaired) electrons. The van der Waals surface area contributed by atoms with Crippen molar-refractivity contribution in [3.05, 3.63) is 59.6 Å². The van der Waals surface area contributed by atoms with E-state index in [4.69, 9.17) is 13.9 Å². The van der Waals surface area contributed by atoms with Gasteiger partial charge in [-0.2, -0.15) is 0 Å². The second-order valence-electron chi connectivity index (χ2n) is 5.61. The van der Waals surface area contributed by atoms with Crippen LogP contribution < -0.4 is 4.74 Å². The van der Waals surface area contributed by atoms with Gasteiger partial charge in [0.05, 0.1) is 18.2 Å². The zero-order chi connectivity index (χ0) is 16.9. The molecular formula is C20H20O4. The van der Waals surface area contributed by atoms with Crippen LogP contribution in [0.4, 0.5) is 0 Å². The summed E-state index contributed by atoms with van der Waals surface area (Å²) in [5.41, 5.74) is 1.39. The number of carbonyl (C=O) groups excluding carboxylic acids is 1. The molecule has 4 heteroatoms. The first-order chi connectivity index (χ1) is 11.7. The molecule has 0 N–H and O–H groups in total. The van der Waals surface area contributed by atoms with Crippen molar-refractivity contribution in [2.24, 2.45) is 0 Å². The number of esters is 1. The molecule has 0 unspecified atom stereocenters. The summed E-state index contributed by atoms with van der Waals surface area (Å²) in [5.74, 6) is 2.45. The highest BCUT2D eigenvalue weighted by molar-refractivity contribution is 5.99. The number of hydrogen-bond donors (Lipinski definition) is 0. The molecule has 3 rings (SSSR count). The topological polar surface area (TPSA) is 48.7 Å². The summed E-state index contributed by atoms with van der Waals surface area (Å²) in [7, 11) is 1.63. The van der Waals surface area contributed by atoms with E-state index in [1.807, 2.05) is 36.4 Å². The molecule has 1 aliphatic heterocycles. The molecule has 0 fully saturated rings.